The molecule has 0 saturated carbocycles. The summed E-state index contributed by atoms with van der Waals surface area (Å²) in [7, 11) is 0. The molecule has 5 nitrogen and oxygen atoms in total. The predicted molar refractivity (Wildman–Crippen MR) is 112 cm³/mol. The molecule has 27 heavy (non-hydrogen) atoms. The maximum absolute atomic E-state index is 12.2. The number of rotatable bonds is 7. The number of carboxylic acid groups (broad SMARTS) is 1. The van der Waals surface area contributed by atoms with Crippen LogP contribution in [0.2, 0.25) is 0 Å². The van der Waals surface area contributed by atoms with Gasteiger partial charge in [-0.2, -0.15) is 0 Å². The maximum atomic E-state index is 12.2. The summed E-state index contributed by atoms with van der Waals surface area (Å²) in [6.07, 6.45) is 1.38. The van der Waals surface area contributed by atoms with Crippen molar-refractivity contribution in [3.8, 4) is 5.75 Å². The average molecular weight is 495 g/mol. The van der Waals surface area contributed by atoms with Crippen LogP contribution < -0.4 is 10.1 Å². The molecule has 0 aliphatic carbocycles. The Morgan fingerprint density at radius 2 is 1.78 bits per heavy atom. The topological polar surface area (TPSA) is 75.6 Å². The fraction of sp³-hybridized carbons (Fsp3) is 0.100. The van der Waals surface area contributed by atoms with Crippen LogP contribution in [0.15, 0.2) is 69.3 Å². The molecule has 0 radical (unpaired) electrons. The number of carbonyl (C=O) groups is 2. The van der Waals surface area contributed by atoms with E-state index in [1.165, 1.54) is 6.08 Å². The zero-order valence-corrected chi connectivity index (χ0v) is 17.6. The summed E-state index contributed by atoms with van der Waals surface area (Å²) in [5.41, 5.74) is 1.57. The second kappa shape index (κ2) is 9.53. The first-order valence-corrected chi connectivity index (χ1v) is 9.44. The fourth-order valence-electron chi connectivity index (χ4n) is 2.10. The summed E-state index contributed by atoms with van der Waals surface area (Å²) in [6, 6.07) is 11.8. The molecule has 0 bridgehead atoms. The second-order valence-corrected chi connectivity index (χ2v) is 7.45. The van der Waals surface area contributed by atoms with Crippen LogP contribution in [0.1, 0.15) is 22.8 Å². The number of carboxylic acids is 1. The van der Waals surface area contributed by atoms with E-state index in [9.17, 15) is 14.7 Å². The zero-order chi connectivity index (χ0) is 20.0. The lowest BCUT2D eigenvalue weighted by Gasteiger charge is -2.12. The van der Waals surface area contributed by atoms with E-state index in [1.54, 1.807) is 42.5 Å². The van der Waals surface area contributed by atoms with Gasteiger partial charge in [0.15, 0.2) is 0 Å². The molecule has 2 aromatic rings. The summed E-state index contributed by atoms with van der Waals surface area (Å²) < 4.78 is 6.94. The van der Waals surface area contributed by atoms with Crippen molar-refractivity contribution < 1.29 is 19.4 Å². The number of amides is 1. The Hall–Kier alpha value is -2.38. The summed E-state index contributed by atoms with van der Waals surface area (Å²) >= 11 is 6.83. The van der Waals surface area contributed by atoms with Gasteiger partial charge in [0.1, 0.15) is 18.1 Å². The second-order valence-electron chi connectivity index (χ2n) is 5.74. The van der Waals surface area contributed by atoms with E-state index >= 15 is 0 Å². The number of aliphatic carboxylic acids is 1. The highest BCUT2D eigenvalue weighted by Crippen LogP contribution is 2.35. The van der Waals surface area contributed by atoms with Crippen LogP contribution in [0.4, 0.5) is 0 Å². The molecule has 0 aromatic heterocycles. The maximum Gasteiger partial charge on any atom is 0.352 e. The van der Waals surface area contributed by atoms with Gasteiger partial charge in [0, 0.05) is 5.56 Å². The normalized spacial score (nSPS) is 11.0. The van der Waals surface area contributed by atoms with Crippen LogP contribution in [0.5, 0.6) is 5.75 Å². The Morgan fingerprint density at radius 3 is 2.30 bits per heavy atom. The third kappa shape index (κ3) is 6.08. The molecule has 0 aliphatic rings. The highest BCUT2D eigenvalue weighted by molar-refractivity contribution is 9.11. The molecule has 0 atom stereocenters. The van der Waals surface area contributed by atoms with Crippen molar-refractivity contribution in [1.29, 1.82) is 0 Å². The van der Waals surface area contributed by atoms with Crippen molar-refractivity contribution in [1.82, 2.24) is 5.32 Å². The Balaban J connectivity index is 2.28. The number of hydrogen-bond acceptors (Lipinski definition) is 3. The first-order chi connectivity index (χ1) is 12.8. The van der Waals surface area contributed by atoms with E-state index < -0.39 is 11.9 Å². The predicted octanol–water partition coefficient (Wildman–Crippen LogP) is 5.02. The van der Waals surface area contributed by atoms with Gasteiger partial charge in [-0.3, -0.25) is 4.79 Å². The van der Waals surface area contributed by atoms with Gasteiger partial charge in [-0.25, -0.2) is 4.79 Å². The van der Waals surface area contributed by atoms with E-state index in [0.717, 1.165) is 5.57 Å². The summed E-state index contributed by atoms with van der Waals surface area (Å²) in [6.45, 7) is 6.00. The summed E-state index contributed by atoms with van der Waals surface area (Å²) in [5, 5.41) is 11.9. The molecule has 0 saturated heterocycles. The van der Waals surface area contributed by atoms with Crippen molar-refractivity contribution in [3.05, 3.63) is 80.4 Å². The van der Waals surface area contributed by atoms with Gasteiger partial charge in [0.2, 0.25) is 0 Å². The number of hydrogen-bond donors (Lipinski definition) is 2. The van der Waals surface area contributed by atoms with Crippen LogP contribution in [-0.2, 0) is 4.79 Å². The molecule has 0 fully saturated rings. The molecule has 1 amide bonds. The van der Waals surface area contributed by atoms with Crippen LogP contribution in [-0.4, -0.2) is 23.6 Å². The number of benzene rings is 2. The lowest BCUT2D eigenvalue weighted by Crippen LogP contribution is -2.27. The van der Waals surface area contributed by atoms with Gasteiger partial charge in [0.05, 0.1) is 8.95 Å². The van der Waals surface area contributed by atoms with Gasteiger partial charge in [-0.1, -0.05) is 24.8 Å². The monoisotopic (exact) mass is 493 g/mol. The van der Waals surface area contributed by atoms with Crippen molar-refractivity contribution in [2.75, 3.05) is 6.61 Å². The van der Waals surface area contributed by atoms with Gasteiger partial charge < -0.3 is 15.2 Å². The van der Waals surface area contributed by atoms with Crippen LogP contribution in [0, 0.1) is 0 Å². The largest absolute Gasteiger partial charge is 0.487 e. The molecule has 0 unspecified atom stereocenters. The van der Waals surface area contributed by atoms with Crippen molar-refractivity contribution in [2.45, 2.75) is 6.92 Å². The van der Waals surface area contributed by atoms with E-state index in [0.29, 0.717) is 32.4 Å². The van der Waals surface area contributed by atoms with Gasteiger partial charge >= 0.3 is 5.97 Å². The van der Waals surface area contributed by atoms with Crippen molar-refractivity contribution in [2.24, 2.45) is 0 Å². The van der Waals surface area contributed by atoms with Crippen molar-refractivity contribution in [3.63, 3.8) is 0 Å². The van der Waals surface area contributed by atoms with E-state index in [-0.39, 0.29) is 5.70 Å². The van der Waals surface area contributed by atoms with E-state index in [1.807, 2.05) is 6.92 Å². The molecule has 140 valence electrons. The quantitative estimate of drug-likeness (QED) is 0.418. The molecule has 2 N–H and O–H groups in total. The van der Waals surface area contributed by atoms with Gasteiger partial charge in [-0.15, -0.1) is 0 Å². The van der Waals surface area contributed by atoms with Crippen LogP contribution in [0.25, 0.3) is 6.08 Å². The Bertz CT molecular complexity index is 884. The number of nitrogens with one attached hydrogen (secondary N) is 1. The summed E-state index contributed by atoms with van der Waals surface area (Å²) in [5.74, 6) is -1.15. The minimum absolute atomic E-state index is 0.238. The average Bonchev–Trinajstić information content (AvgIpc) is 2.60. The number of carbonyl (C=O) groups excluding carboxylic acids is 1. The minimum atomic E-state index is -1.24. The lowest BCUT2D eigenvalue weighted by atomic mass is 10.1. The third-order valence-corrected chi connectivity index (χ3v) is 4.49. The van der Waals surface area contributed by atoms with E-state index in [2.05, 4.69) is 43.8 Å². The molecule has 0 spiro atoms. The summed E-state index contributed by atoms with van der Waals surface area (Å²) in [4.78, 5) is 23.8. The third-order valence-electron chi connectivity index (χ3n) is 3.31. The van der Waals surface area contributed by atoms with Crippen molar-refractivity contribution >= 4 is 49.8 Å². The SMILES string of the molecule is C=C(C)COc1c(Br)cc(/C=C(/NC(=O)c2ccccc2)C(=O)O)cc1Br. The Kier molecular flexibility index (Phi) is 7.38. The molecular formula is C20H17Br2NO4. The van der Waals surface area contributed by atoms with Crippen LogP contribution >= 0.6 is 31.9 Å². The highest BCUT2D eigenvalue weighted by Gasteiger charge is 2.15. The zero-order valence-electron chi connectivity index (χ0n) is 14.5. The smallest absolute Gasteiger partial charge is 0.352 e. The number of halogens is 2. The molecule has 7 heteroatoms. The molecule has 0 aliphatic heterocycles. The highest BCUT2D eigenvalue weighted by atomic mass is 79.9. The fourth-order valence-corrected chi connectivity index (χ4v) is 3.55. The first kappa shape index (κ1) is 20.9. The van der Waals surface area contributed by atoms with E-state index in [4.69, 9.17) is 4.74 Å². The Morgan fingerprint density at radius 1 is 1.19 bits per heavy atom. The molecule has 2 aromatic carbocycles. The molecule has 2 rings (SSSR count). The molecular weight excluding hydrogens is 478 g/mol. The lowest BCUT2D eigenvalue weighted by molar-refractivity contribution is -0.132. The first-order valence-electron chi connectivity index (χ1n) is 7.85. The Labute approximate surface area is 174 Å². The van der Waals surface area contributed by atoms with Gasteiger partial charge in [0.25, 0.3) is 5.91 Å². The van der Waals surface area contributed by atoms with Crippen LogP contribution in [0.3, 0.4) is 0 Å². The molecule has 0 heterocycles. The number of ether oxygens (including phenoxy) is 1. The van der Waals surface area contributed by atoms with Gasteiger partial charge in [-0.05, 0) is 80.3 Å². The minimum Gasteiger partial charge on any atom is -0.487 e. The standard InChI is InChI=1S/C20H17Br2NO4/c1-12(2)11-27-18-15(21)8-13(9-16(18)22)10-17(20(25)26)23-19(24)14-6-4-3-5-7-14/h3-10H,1,11H2,2H3,(H,23,24)(H,25,26)/b17-10+.